The molecule has 0 bridgehead atoms. The second-order valence-corrected chi connectivity index (χ2v) is 9.60. The lowest BCUT2D eigenvalue weighted by molar-refractivity contribution is -0.136. The number of rotatable bonds is 13. The number of carboxylic acids is 1. The maximum atomic E-state index is 12.2. The summed E-state index contributed by atoms with van der Waals surface area (Å²) in [5.41, 5.74) is 4.50. The minimum atomic E-state index is -3.82. The Bertz CT molecular complexity index is 1320. The van der Waals surface area contributed by atoms with Gasteiger partial charge in [0.25, 0.3) is 5.91 Å². The summed E-state index contributed by atoms with van der Waals surface area (Å²) in [6.45, 7) is 1.65. The summed E-state index contributed by atoms with van der Waals surface area (Å²) >= 11 is 0. The Labute approximate surface area is 215 Å². The van der Waals surface area contributed by atoms with Gasteiger partial charge < -0.3 is 14.6 Å². The van der Waals surface area contributed by atoms with E-state index in [-0.39, 0.29) is 24.5 Å². The van der Waals surface area contributed by atoms with Crippen molar-refractivity contribution in [1.82, 2.24) is 10.1 Å². The molecule has 0 atom stereocenters. The molecule has 0 spiro atoms. The molecule has 0 saturated heterocycles. The van der Waals surface area contributed by atoms with Crippen molar-refractivity contribution in [3.05, 3.63) is 90.0 Å². The molecule has 0 fully saturated rings. The zero-order valence-corrected chi connectivity index (χ0v) is 20.9. The molecule has 3 N–H and O–H groups in total. The number of carbonyl (C=O) groups excluding carboxylic acids is 1. The smallest absolute Gasteiger partial charge is 0.304 e. The molecule has 11 heteroatoms. The molecule has 0 aromatic heterocycles. The summed E-state index contributed by atoms with van der Waals surface area (Å²) in [6, 6.07) is 22.5. The Morgan fingerprint density at radius 2 is 1.51 bits per heavy atom. The quantitative estimate of drug-likeness (QED) is 0.230. The van der Waals surface area contributed by atoms with Gasteiger partial charge >= 0.3 is 5.97 Å². The molecular weight excluding hydrogens is 498 g/mol. The van der Waals surface area contributed by atoms with Gasteiger partial charge in [-0.2, -0.15) is 5.10 Å². The Hall–Kier alpha value is -4.22. The highest BCUT2D eigenvalue weighted by atomic mass is 32.2. The fraction of sp³-hybridized carbons (Fsp3) is 0.192. The van der Waals surface area contributed by atoms with E-state index in [1.165, 1.54) is 24.3 Å². The average molecular weight is 526 g/mol. The minimum Gasteiger partial charge on any atom is -0.489 e. The topological polar surface area (TPSA) is 143 Å². The normalized spacial score (nSPS) is 11.5. The van der Waals surface area contributed by atoms with Gasteiger partial charge in [0.2, 0.25) is 10.0 Å². The number of carboxylic acid groups (broad SMARTS) is 1. The van der Waals surface area contributed by atoms with E-state index in [2.05, 4.69) is 15.2 Å². The zero-order valence-electron chi connectivity index (χ0n) is 20.1. The first-order chi connectivity index (χ1) is 17.7. The highest BCUT2D eigenvalue weighted by Gasteiger charge is 2.14. The number of amides is 1. The van der Waals surface area contributed by atoms with Gasteiger partial charge in [0.1, 0.15) is 18.1 Å². The second kappa shape index (κ2) is 13.2. The van der Waals surface area contributed by atoms with Gasteiger partial charge in [-0.05, 0) is 54.4 Å². The van der Waals surface area contributed by atoms with E-state index in [0.29, 0.717) is 29.4 Å². The third kappa shape index (κ3) is 9.06. The standard InChI is InChI=1S/C26H27N3O7S/c1-19(21-7-13-24(14-8-21)37(33,34)27-16-15-26(31)32)28-29-25(30)18-36-23-11-9-22(10-12-23)35-17-20-5-3-2-4-6-20/h2-14,27H,15-18H2,1H3,(H,29,30)(H,31,32)/b28-19+. The average Bonchev–Trinajstić information content (AvgIpc) is 2.90. The van der Waals surface area contributed by atoms with E-state index in [9.17, 15) is 18.0 Å². The van der Waals surface area contributed by atoms with Gasteiger partial charge in [0, 0.05) is 6.54 Å². The van der Waals surface area contributed by atoms with Gasteiger partial charge in [-0.1, -0.05) is 42.5 Å². The van der Waals surface area contributed by atoms with Crippen LogP contribution in [0, 0.1) is 0 Å². The molecule has 0 aliphatic heterocycles. The second-order valence-electron chi connectivity index (χ2n) is 7.83. The molecule has 3 rings (SSSR count). The number of carbonyl (C=O) groups is 2. The fourth-order valence-corrected chi connectivity index (χ4v) is 4.05. The third-order valence-corrected chi connectivity index (χ3v) is 6.48. The van der Waals surface area contributed by atoms with Crippen LogP contribution in [-0.2, 0) is 26.2 Å². The van der Waals surface area contributed by atoms with Crippen LogP contribution in [0.2, 0.25) is 0 Å². The Kier molecular flexibility index (Phi) is 9.76. The summed E-state index contributed by atoms with van der Waals surface area (Å²) in [7, 11) is -3.82. The van der Waals surface area contributed by atoms with E-state index in [4.69, 9.17) is 14.6 Å². The predicted octanol–water partition coefficient (Wildman–Crippen LogP) is 2.94. The highest BCUT2D eigenvalue weighted by molar-refractivity contribution is 7.89. The molecule has 194 valence electrons. The lowest BCUT2D eigenvalue weighted by Gasteiger charge is -2.09. The van der Waals surface area contributed by atoms with E-state index in [1.54, 1.807) is 31.2 Å². The van der Waals surface area contributed by atoms with E-state index in [1.807, 2.05) is 30.3 Å². The number of aliphatic carboxylic acids is 1. The van der Waals surface area contributed by atoms with Crippen LogP contribution in [0.3, 0.4) is 0 Å². The maximum Gasteiger partial charge on any atom is 0.304 e. The number of hydrogen-bond acceptors (Lipinski definition) is 7. The summed E-state index contributed by atoms with van der Waals surface area (Å²) < 4.78 is 37.8. The highest BCUT2D eigenvalue weighted by Crippen LogP contribution is 2.18. The van der Waals surface area contributed by atoms with Crippen LogP contribution in [0.5, 0.6) is 11.5 Å². The largest absolute Gasteiger partial charge is 0.489 e. The van der Waals surface area contributed by atoms with E-state index < -0.39 is 21.9 Å². The van der Waals surface area contributed by atoms with Crippen LogP contribution in [0.4, 0.5) is 0 Å². The number of benzene rings is 3. The first kappa shape index (κ1) is 27.4. The maximum absolute atomic E-state index is 12.2. The summed E-state index contributed by atoms with van der Waals surface area (Å²) in [5.74, 6) is -0.391. The van der Waals surface area contributed by atoms with E-state index in [0.717, 1.165) is 5.56 Å². The van der Waals surface area contributed by atoms with Crippen LogP contribution in [-0.4, -0.2) is 44.3 Å². The number of nitrogens with one attached hydrogen (secondary N) is 2. The third-order valence-electron chi connectivity index (χ3n) is 5.00. The monoisotopic (exact) mass is 525 g/mol. The molecular formula is C26H27N3O7S. The van der Waals surface area contributed by atoms with Crippen LogP contribution >= 0.6 is 0 Å². The van der Waals surface area contributed by atoms with Crippen molar-refractivity contribution in [2.24, 2.45) is 5.10 Å². The molecule has 37 heavy (non-hydrogen) atoms. The van der Waals surface area contributed by atoms with Crippen molar-refractivity contribution in [1.29, 1.82) is 0 Å². The molecule has 0 saturated carbocycles. The van der Waals surface area contributed by atoms with Gasteiger partial charge in [0.15, 0.2) is 6.61 Å². The van der Waals surface area contributed by atoms with Crippen LogP contribution < -0.4 is 19.6 Å². The van der Waals surface area contributed by atoms with Crippen molar-refractivity contribution >= 4 is 27.6 Å². The summed E-state index contributed by atoms with van der Waals surface area (Å²) in [4.78, 5) is 22.7. The van der Waals surface area contributed by atoms with Crippen LogP contribution in [0.15, 0.2) is 88.9 Å². The Morgan fingerprint density at radius 1 is 0.892 bits per heavy atom. The van der Waals surface area contributed by atoms with Gasteiger partial charge in [-0.15, -0.1) is 0 Å². The van der Waals surface area contributed by atoms with E-state index >= 15 is 0 Å². The zero-order chi connectivity index (χ0) is 26.7. The number of sulfonamides is 1. The fourth-order valence-electron chi connectivity index (χ4n) is 3.02. The molecule has 0 heterocycles. The molecule has 3 aromatic carbocycles. The summed E-state index contributed by atoms with van der Waals surface area (Å²) in [5, 5.41) is 12.7. The van der Waals surface area contributed by atoms with Crippen molar-refractivity contribution in [2.75, 3.05) is 13.2 Å². The molecule has 1 amide bonds. The first-order valence-corrected chi connectivity index (χ1v) is 12.8. The van der Waals surface area contributed by atoms with Crippen LogP contribution in [0.25, 0.3) is 0 Å². The Balaban J connectivity index is 1.45. The predicted molar refractivity (Wildman–Crippen MR) is 137 cm³/mol. The van der Waals surface area contributed by atoms with Crippen molar-refractivity contribution < 1.29 is 32.6 Å². The van der Waals surface area contributed by atoms with Crippen LogP contribution in [0.1, 0.15) is 24.5 Å². The number of ether oxygens (including phenoxy) is 2. The SMILES string of the molecule is C/C(=N\NC(=O)COc1ccc(OCc2ccccc2)cc1)c1ccc(S(=O)(=O)NCCC(=O)O)cc1. The number of nitrogens with zero attached hydrogens (tertiary/aromatic N) is 1. The van der Waals surface area contributed by atoms with Gasteiger partial charge in [-0.25, -0.2) is 18.6 Å². The van der Waals surface area contributed by atoms with Crippen molar-refractivity contribution in [3.63, 3.8) is 0 Å². The first-order valence-electron chi connectivity index (χ1n) is 11.3. The van der Waals surface area contributed by atoms with Gasteiger partial charge in [0.05, 0.1) is 17.0 Å². The van der Waals surface area contributed by atoms with Crippen molar-refractivity contribution in [3.8, 4) is 11.5 Å². The minimum absolute atomic E-state index is 0.0108. The number of hydrazone groups is 1. The molecule has 0 radical (unpaired) electrons. The Morgan fingerprint density at radius 3 is 2.14 bits per heavy atom. The van der Waals surface area contributed by atoms with Gasteiger partial charge in [-0.3, -0.25) is 9.59 Å². The molecule has 0 aliphatic rings. The lowest BCUT2D eigenvalue weighted by Crippen LogP contribution is -2.26. The molecule has 3 aromatic rings. The van der Waals surface area contributed by atoms with Crippen molar-refractivity contribution in [2.45, 2.75) is 24.8 Å². The molecule has 0 aliphatic carbocycles. The number of hydrogen-bond donors (Lipinski definition) is 3. The molecule has 0 unspecified atom stereocenters. The molecule has 10 nitrogen and oxygen atoms in total. The summed E-state index contributed by atoms with van der Waals surface area (Å²) in [6.07, 6.45) is -0.318. The lowest BCUT2D eigenvalue weighted by atomic mass is 10.1.